The molecule has 5 nitrogen and oxygen atoms in total. The summed E-state index contributed by atoms with van der Waals surface area (Å²) in [5.74, 6) is -0.260. The molecule has 1 unspecified atom stereocenters. The van der Waals surface area contributed by atoms with E-state index in [4.69, 9.17) is 0 Å². The first kappa shape index (κ1) is 10.8. The number of nitrogens with one attached hydrogen (secondary N) is 1. The van der Waals surface area contributed by atoms with E-state index >= 15 is 0 Å². The Morgan fingerprint density at radius 1 is 1.06 bits per heavy atom. The van der Waals surface area contributed by atoms with Crippen LogP contribution in [0.25, 0.3) is 0 Å². The van der Waals surface area contributed by atoms with Gasteiger partial charge in [-0.25, -0.2) is 5.17 Å². The Morgan fingerprint density at radius 3 is 2.61 bits per heavy atom. The zero-order chi connectivity index (χ0) is 12.5. The minimum Gasteiger partial charge on any atom is -0.601 e. The number of benzene rings is 1. The number of quaternary nitrogens is 1. The number of hydrogen-bond donors (Lipinski definition) is 1. The van der Waals surface area contributed by atoms with Gasteiger partial charge in [-0.1, -0.05) is 23.3 Å². The zero-order valence-electron chi connectivity index (χ0n) is 9.33. The topological polar surface area (TPSA) is 69.8 Å². The molecule has 2 heterocycles. The molecule has 1 aromatic carbocycles. The summed E-state index contributed by atoms with van der Waals surface area (Å²) in [6.45, 7) is 0. The van der Waals surface area contributed by atoms with Gasteiger partial charge in [0.2, 0.25) is 5.78 Å². The Bertz CT molecular complexity index is 638. The molecule has 5 heteroatoms. The smallest absolute Gasteiger partial charge is 0.225 e. The van der Waals surface area contributed by atoms with Gasteiger partial charge in [-0.3, -0.25) is 9.78 Å². The van der Waals surface area contributed by atoms with Crippen molar-refractivity contribution in [1.82, 2.24) is 4.98 Å². The van der Waals surface area contributed by atoms with Crippen molar-refractivity contribution < 1.29 is 9.97 Å². The molecule has 18 heavy (non-hydrogen) atoms. The number of Topliss-reactive ketones (excluding diaryl/α,β-unsaturated/α-hetero) is 1. The molecule has 2 aromatic rings. The number of carbonyl (C=O) groups excluding carboxylic acids is 1. The van der Waals surface area contributed by atoms with Crippen LogP contribution >= 0.6 is 0 Å². The van der Waals surface area contributed by atoms with Crippen LogP contribution in [0.15, 0.2) is 53.8 Å². The molecule has 1 aliphatic rings. The van der Waals surface area contributed by atoms with Gasteiger partial charge in [0.05, 0.1) is 11.3 Å². The van der Waals surface area contributed by atoms with E-state index < -0.39 is 5.17 Å². The summed E-state index contributed by atoms with van der Waals surface area (Å²) < 4.78 is 0. The molecule has 0 saturated carbocycles. The van der Waals surface area contributed by atoms with E-state index in [0.717, 1.165) is 0 Å². The third-order valence-corrected chi connectivity index (χ3v) is 2.74. The second kappa shape index (κ2) is 4.14. The minimum atomic E-state index is -0.397. The van der Waals surface area contributed by atoms with E-state index in [1.54, 1.807) is 48.7 Å². The Morgan fingerprint density at radius 2 is 1.83 bits per heavy atom. The van der Waals surface area contributed by atoms with Crippen LogP contribution in [0.4, 0.5) is 5.69 Å². The third-order valence-electron chi connectivity index (χ3n) is 2.74. The van der Waals surface area contributed by atoms with Crippen molar-refractivity contribution in [2.75, 3.05) is 0 Å². The number of fused-ring (bicyclic) bond motifs is 1. The molecule has 1 aromatic heterocycles. The Hall–Kier alpha value is -2.37. The number of ketones is 1. The van der Waals surface area contributed by atoms with Gasteiger partial charge >= 0.3 is 0 Å². The van der Waals surface area contributed by atoms with Crippen LogP contribution in [-0.4, -0.2) is 16.5 Å². The van der Waals surface area contributed by atoms with Crippen LogP contribution in [-0.2, 0) is 0 Å². The number of nitrogens with zero attached hydrogens (tertiary/aromatic N) is 2. The fraction of sp³-hybridized carbons (Fsp3) is 0. The van der Waals surface area contributed by atoms with Crippen LogP contribution in [0.5, 0.6) is 0 Å². The fourth-order valence-electron chi connectivity index (χ4n) is 1.88. The highest BCUT2D eigenvalue weighted by Gasteiger charge is 2.29. The summed E-state index contributed by atoms with van der Waals surface area (Å²) in [6.07, 6.45) is 1.57. The third kappa shape index (κ3) is 1.62. The lowest BCUT2D eigenvalue weighted by Crippen LogP contribution is -2.98. The van der Waals surface area contributed by atoms with Gasteiger partial charge in [0.25, 0.3) is 0 Å². The van der Waals surface area contributed by atoms with Gasteiger partial charge in [-0.15, -0.1) is 0 Å². The fourth-order valence-corrected chi connectivity index (χ4v) is 1.88. The molecule has 88 valence electrons. The second-order valence-corrected chi connectivity index (χ2v) is 3.86. The number of carbonyl (C=O) groups is 1. The van der Waals surface area contributed by atoms with Gasteiger partial charge in [0, 0.05) is 12.3 Å². The lowest BCUT2D eigenvalue weighted by molar-refractivity contribution is -0.784. The van der Waals surface area contributed by atoms with E-state index in [1.807, 2.05) is 0 Å². The van der Waals surface area contributed by atoms with E-state index in [9.17, 15) is 10.0 Å². The van der Waals surface area contributed by atoms with Crippen molar-refractivity contribution >= 4 is 17.2 Å². The van der Waals surface area contributed by atoms with Gasteiger partial charge in [0.15, 0.2) is 11.4 Å². The Balaban J connectivity index is 2.13. The maximum Gasteiger partial charge on any atom is 0.225 e. The average molecular weight is 239 g/mol. The molecule has 1 N–H and O–H groups in total. The van der Waals surface area contributed by atoms with E-state index in [1.165, 1.54) is 0 Å². The van der Waals surface area contributed by atoms with Crippen molar-refractivity contribution in [2.45, 2.75) is 0 Å². The summed E-state index contributed by atoms with van der Waals surface area (Å²) in [6, 6.07) is 11.8. The first-order valence-electron chi connectivity index (χ1n) is 5.45. The van der Waals surface area contributed by atoms with Gasteiger partial charge in [-0.2, -0.15) is 0 Å². The van der Waals surface area contributed by atoms with Gasteiger partial charge in [-0.05, 0) is 18.2 Å². The number of aromatic nitrogens is 1. The predicted molar refractivity (Wildman–Crippen MR) is 65.5 cm³/mol. The van der Waals surface area contributed by atoms with Crippen molar-refractivity contribution in [1.29, 1.82) is 0 Å². The normalized spacial score (nSPS) is 18.2. The van der Waals surface area contributed by atoms with E-state index in [-0.39, 0.29) is 11.5 Å². The summed E-state index contributed by atoms with van der Waals surface area (Å²) in [7, 11) is 0. The molecule has 1 atom stereocenters. The molecule has 0 radical (unpaired) electrons. The number of hydrogen-bond acceptors (Lipinski definition) is 4. The van der Waals surface area contributed by atoms with Crippen LogP contribution < -0.4 is 5.17 Å². The molecule has 1 aliphatic heterocycles. The second-order valence-electron chi connectivity index (χ2n) is 3.86. The Labute approximate surface area is 103 Å². The highest BCUT2D eigenvalue weighted by atomic mass is 16.5. The number of rotatable bonds is 1. The van der Waals surface area contributed by atoms with Crippen molar-refractivity contribution in [2.24, 2.45) is 5.10 Å². The zero-order valence-corrected chi connectivity index (χ0v) is 9.33. The molecule has 0 spiro atoms. The van der Waals surface area contributed by atoms with Crippen LogP contribution in [0, 0.1) is 5.21 Å². The van der Waals surface area contributed by atoms with Gasteiger partial charge in [0.1, 0.15) is 0 Å². The lowest BCUT2D eigenvalue weighted by Gasteiger charge is -2.22. The van der Waals surface area contributed by atoms with Crippen molar-refractivity contribution in [3.63, 3.8) is 0 Å². The Kier molecular flexibility index (Phi) is 2.47. The molecule has 3 rings (SSSR count). The van der Waals surface area contributed by atoms with Crippen LogP contribution in [0.1, 0.15) is 16.1 Å². The average Bonchev–Trinajstić information content (AvgIpc) is 2.44. The maximum atomic E-state index is 12.2. The SMILES string of the molecule is O=C1C(c2ccccn2)=N[NH+]([O-])c2ccccc21. The number of pyridine rings is 1. The molecule has 0 saturated heterocycles. The molecule has 0 bridgehead atoms. The quantitative estimate of drug-likeness (QED) is 0.744. The molecular formula is C13H9N3O2. The summed E-state index contributed by atoms with van der Waals surface area (Å²) >= 11 is 0. The summed E-state index contributed by atoms with van der Waals surface area (Å²) in [5.41, 5.74) is 1.27. The van der Waals surface area contributed by atoms with Crippen molar-refractivity contribution in [3.8, 4) is 0 Å². The highest BCUT2D eigenvalue weighted by molar-refractivity contribution is 6.51. The summed E-state index contributed by atoms with van der Waals surface area (Å²) in [5, 5.41) is 15.3. The van der Waals surface area contributed by atoms with Crippen LogP contribution in [0.3, 0.4) is 0 Å². The molecule has 0 amide bonds. The first-order valence-corrected chi connectivity index (χ1v) is 5.45. The molecular weight excluding hydrogens is 230 g/mol. The van der Waals surface area contributed by atoms with E-state index in [2.05, 4.69) is 10.1 Å². The highest BCUT2D eigenvalue weighted by Crippen LogP contribution is 2.17. The van der Waals surface area contributed by atoms with Gasteiger partial charge < -0.3 is 5.21 Å². The lowest BCUT2D eigenvalue weighted by atomic mass is 10.0. The van der Waals surface area contributed by atoms with Crippen molar-refractivity contribution in [3.05, 3.63) is 65.1 Å². The molecule has 0 aliphatic carbocycles. The molecule has 0 fully saturated rings. The standard InChI is InChI=1S/C13H9N3O2/c17-13-9-5-1-2-7-11(9)16(18)15-12(13)10-6-3-4-8-14-10/h1-8,16H. The predicted octanol–water partition coefficient (Wildman–Crippen LogP) is 0.696. The first-order chi connectivity index (χ1) is 8.77. The maximum absolute atomic E-state index is 12.2. The van der Waals surface area contributed by atoms with Crippen LogP contribution in [0.2, 0.25) is 0 Å². The largest absolute Gasteiger partial charge is 0.601 e. The minimum absolute atomic E-state index is 0.110. The summed E-state index contributed by atoms with van der Waals surface area (Å²) in [4.78, 5) is 16.3. The van der Waals surface area contributed by atoms with E-state index in [0.29, 0.717) is 16.9 Å². The monoisotopic (exact) mass is 239 g/mol.